The Hall–Kier alpha value is -2.39. The van der Waals surface area contributed by atoms with Crippen LogP contribution in [0.1, 0.15) is 19.1 Å². The van der Waals surface area contributed by atoms with Gasteiger partial charge in [-0.05, 0) is 6.42 Å². The average molecular weight is 604 g/mol. The van der Waals surface area contributed by atoms with Crippen LogP contribution in [0.2, 0.25) is 0 Å². The van der Waals surface area contributed by atoms with Crippen LogP contribution in [0, 0.1) is 0 Å². The van der Waals surface area contributed by atoms with Gasteiger partial charge in [0, 0.05) is 25.3 Å². The van der Waals surface area contributed by atoms with Crippen LogP contribution in [0.25, 0.3) is 0 Å². The first-order valence-corrected chi connectivity index (χ1v) is 10.3. The number of aromatic amines is 1. The van der Waals surface area contributed by atoms with Gasteiger partial charge in [-0.2, -0.15) is 57.1 Å². The summed E-state index contributed by atoms with van der Waals surface area (Å²) in [5.41, 5.74) is -2.07. The minimum Gasteiger partial charge on any atom is -0.394 e. The molecule has 1 fully saturated rings. The van der Waals surface area contributed by atoms with Gasteiger partial charge in [-0.25, -0.2) is 4.79 Å². The fourth-order valence-electron chi connectivity index (χ4n) is 3.37. The van der Waals surface area contributed by atoms with Gasteiger partial charge in [0.2, 0.25) is 0 Å². The van der Waals surface area contributed by atoms with Crippen LogP contribution in [0.4, 0.5) is 57.1 Å². The van der Waals surface area contributed by atoms with Gasteiger partial charge < -0.3 is 19.7 Å². The predicted octanol–water partition coefficient (Wildman–Crippen LogP) is 2.69. The lowest BCUT2D eigenvalue weighted by Crippen LogP contribution is -2.70. The first-order chi connectivity index (χ1) is 17.5. The number of hydrogen-bond donors (Lipinski definition) is 3. The monoisotopic (exact) mass is 604 g/mol. The number of alkyl halides is 13. The molecular weight excluding hydrogens is 587 g/mol. The molecule has 3 N–H and O–H groups in total. The van der Waals surface area contributed by atoms with E-state index >= 15 is 0 Å². The summed E-state index contributed by atoms with van der Waals surface area (Å²) in [6, 6.07) is 0.779. The Kier molecular flexibility index (Phi) is 8.87. The highest BCUT2D eigenvalue weighted by Crippen LogP contribution is 2.60. The van der Waals surface area contributed by atoms with Crippen molar-refractivity contribution in [3.8, 4) is 0 Å². The van der Waals surface area contributed by atoms with Gasteiger partial charge in [0.25, 0.3) is 5.56 Å². The molecule has 0 radical (unpaired) electrons. The average Bonchev–Trinajstić information content (AvgIpc) is 3.10. The molecule has 0 bridgehead atoms. The maximum atomic E-state index is 13.9. The molecule has 4 unspecified atom stereocenters. The van der Waals surface area contributed by atoms with Crippen LogP contribution in [-0.4, -0.2) is 87.1 Å². The van der Waals surface area contributed by atoms with E-state index in [1.807, 2.05) is 0 Å². The summed E-state index contributed by atoms with van der Waals surface area (Å²) in [7, 11) is 0. The first kappa shape index (κ1) is 32.8. The lowest BCUT2D eigenvalue weighted by molar-refractivity contribution is -0.440. The topological polar surface area (TPSA) is 114 Å². The van der Waals surface area contributed by atoms with E-state index in [9.17, 15) is 76.9 Å². The van der Waals surface area contributed by atoms with Gasteiger partial charge in [-0.1, -0.05) is 0 Å². The predicted molar refractivity (Wildman–Crippen MR) is 98.1 cm³/mol. The largest absolute Gasteiger partial charge is 0.460 e. The van der Waals surface area contributed by atoms with E-state index in [-0.39, 0.29) is 0 Å². The zero-order valence-electron chi connectivity index (χ0n) is 18.7. The number of ether oxygens (including phenoxy) is 2. The van der Waals surface area contributed by atoms with Crippen molar-refractivity contribution in [3.63, 3.8) is 0 Å². The van der Waals surface area contributed by atoms with Gasteiger partial charge in [0.1, 0.15) is 18.3 Å². The van der Waals surface area contributed by atoms with Crippen molar-refractivity contribution < 1.29 is 76.8 Å². The van der Waals surface area contributed by atoms with Crippen LogP contribution >= 0.6 is 0 Å². The zero-order chi connectivity index (χ0) is 30.4. The quantitative estimate of drug-likeness (QED) is 0.265. The van der Waals surface area contributed by atoms with Crippen molar-refractivity contribution in [2.45, 2.75) is 73.2 Å². The van der Waals surface area contributed by atoms with Crippen molar-refractivity contribution in [2.75, 3.05) is 13.2 Å². The fourth-order valence-corrected chi connectivity index (χ4v) is 3.37. The summed E-state index contributed by atoms with van der Waals surface area (Å²) in [6.07, 6.45) is -17.5. The standard InChI is InChI=1S/C18H17F13N2O6/c19-13(20,14(21,22)15(23,24)16(25,26)17(27,28)18(29,30)31)3-1-5-38-10-9(36)7(6-34)39-11(10)33-4-2-8(35)32-12(33)37/h2,4,7,9-11,34,36H,1,3,5-6H2,(H,32,35,37). The molecule has 21 heteroatoms. The molecule has 0 spiro atoms. The highest BCUT2D eigenvalue weighted by atomic mass is 19.4. The summed E-state index contributed by atoms with van der Waals surface area (Å²) < 4.78 is 182. The molecule has 0 saturated carbocycles. The Bertz CT molecular complexity index is 1120. The zero-order valence-corrected chi connectivity index (χ0v) is 18.7. The molecule has 1 aliphatic heterocycles. The molecule has 1 saturated heterocycles. The third kappa shape index (κ3) is 5.49. The van der Waals surface area contributed by atoms with Gasteiger partial charge in [-0.15, -0.1) is 0 Å². The van der Waals surface area contributed by atoms with E-state index in [4.69, 9.17) is 9.47 Å². The summed E-state index contributed by atoms with van der Waals surface area (Å²) >= 11 is 0. The molecule has 2 rings (SSSR count). The summed E-state index contributed by atoms with van der Waals surface area (Å²) in [5, 5.41) is 19.4. The second-order valence-electron chi connectivity index (χ2n) is 8.19. The molecule has 2 heterocycles. The third-order valence-electron chi connectivity index (χ3n) is 5.56. The minimum atomic E-state index is -8.01. The van der Waals surface area contributed by atoms with E-state index in [1.165, 1.54) is 0 Å². The van der Waals surface area contributed by atoms with Crippen molar-refractivity contribution in [1.29, 1.82) is 0 Å². The van der Waals surface area contributed by atoms with Gasteiger partial charge in [0.05, 0.1) is 6.61 Å². The molecule has 226 valence electrons. The fraction of sp³-hybridized carbons (Fsp3) is 0.778. The lowest BCUT2D eigenvalue weighted by atomic mass is 9.92. The molecule has 1 aromatic heterocycles. The van der Waals surface area contributed by atoms with Crippen molar-refractivity contribution in [1.82, 2.24) is 9.55 Å². The maximum absolute atomic E-state index is 13.9. The number of aromatic nitrogens is 2. The Balaban J connectivity index is 2.19. The number of H-pyrrole nitrogens is 1. The normalized spacial score (nSPS) is 23.9. The van der Waals surface area contributed by atoms with E-state index in [0.717, 1.165) is 12.3 Å². The molecular formula is C18H17F13N2O6. The number of halogens is 13. The molecule has 39 heavy (non-hydrogen) atoms. The van der Waals surface area contributed by atoms with Crippen LogP contribution in [-0.2, 0) is 9.47 Å². The summed E-state index contributed by atoms with van der Waals surface area (Å²) in [4.78, 5) is 24.9. The Labute approximate surface area is 206 Å². The van der Waals surface area contributed by atoms with Crippen molar-refractivity contribution in [2.24, 2.45) is 0 Å². The number of hydrogen-bond acceptors (Lipinski definition) is 6. The number of aliphatic hydroxyl groups excluding tert-OH is 2. The molecule has 0 aromatic carbocycles. The molecule has 8 nitrogen and oxygen atoms in total. The second kappa shape index (κ2) is 10.5. The van der Waals surface area contributed by atoms with Crippen LogP contribution in [0.3, 0.4) is 0 Å². The maximum Gasteiger partial charge on any atom is 0.460 e. The SMILES string of the molecule is O=c1ccn(C2OC(CO)C(O)C2OCCCC(F)(F)C(F)(F)C(F)(F)C(F)(F)C(F)(F)C(F)(F)F)c(=O)[nH]1. The number of aliphatic hydroxyl groups is 2. The Morgan fingerprint density at radius 1 is 0.897 bits per heavy atom. The third-order valence-corrected chi connectivity index (χ3v) is 5.56. The van der Waals surface area contributed by atoms with Crippen LogP contribution < -0.4 is 11.2 Å². The van der Waals surface area contributed by atoms with E-state index in [1.54, 1.807) is 4.98 Å². The Morgan fingerprint density at radius 3 is 1.92 bits per heavy atom. The number of nitrogens with zero attached hydrogens (tertiary/aromatic N) is 1. The Morgan fingerprint density at radius 2 is 1.44 bits per heavy atom. The van der Waals surface area contributed by atoms with Crippen molar-refractivity contribution in [3.05, 3.63) is 33.1 Å². The highest BCUT2D eigenvalue weighted by Gasteiger charge is 2.90. The second-order valence-corrected chi connectivity index (χ2v) is 8.19. The smallest absolute Gasteiger partial charge is 0.394 e. The number of rotatable bonds is 11. The van der Waals surface area contributed by atoms with Crippen molar-refractivity contribution >= 4 is 0 Å². The molecule has 0 amide bonds. The summed E-state index contributed by atoms with van der Waals surface area (Å²) in [5.74, 6) is -37.5. The van der Waals surface area contributed by atoms with Crippen LogP contribution in [0.15, 0.2) is 21.9 Å². The first-order valence-electron chi connectivity index (χ1n) is 10.3. The molecule has 0 aliphatic carbocycles. The number of nitrogens with one attached hydrogen (secondary N) is 1. The van der Waals surface area contributed by atoms with Gasteiger partial charge >= 0.3 is 41.5 Å². The van der Waals surface area contributed by atoms with E-state index in [2.05, 4.69) is 0 Å². The van der Waals surface area contributed by atoms with E-state index < -0.39 is 97.6 Å². The summed E-state index contributed by atoms with van der Waals surface area (Å²) in [6.45, 7) is -2.14. The lowest BCUT2D eigenvalue weighted by Gasteiger charge is -2.39. The van der Waals surface area contributed by atoms with Gasteiger partial charge in [0.15, 0.2) is 6.23 Å². The van der Waals surface area contributed by atoms with Crippen LogP contribution in [0.5, 0.6) is 0 Å². The minimum absolute atomic E-state index is 0.581. The van der Waals surface area contributed by atoms with Gasteiger partial charge in [-0.3, -0.25) is 14.3 Å². The molecule has 1 aromatic rings. The molecule has 4 atom stereocenters. The van der Waals surface area contributed by atoms with E-state index in [0.29, 0.717) is 4.57 Å². The highest BCUT2D eigenvalue weighted by molar-refractivity contribution is 5.10. The molecule has 1 aliphatic rings.